The van der Waals surface area contributed by atoms with Crippen molar-refractivity contribution in [2.24, 2.45) is 0 Å². The molecule has 3 aromatic rings. The van der Waals surface area contributed by atoms with Crippen LogP contribution in [-0.2, 0) is 38.8 Å². The molecular formula is C40H42F13N5O9. The van der Waals surface area contributed by atoms with Gasteiger partial charge in [-0.25, -0.2) is 23.6 Å². The lowest BCUT2D eigenvalue weighted by Crippen LogP contribution is -2.48. The maximum absolute atomic E-state index is 14.9. The molecule has 2 bridgehead atoms. The number of alkyl halides is 12. The standard InChI is InChI=1S/C32H38FN5O.4C2HF3O2/c1-22-18-37(11-10-34-22)19-24-4-2-6-26(12-24)30-14-23(8-9-31(30)33)16-36-32(39)27-7-3-5-25(13-27)20-38-21-28-15-29(38)17-35-28;4*3-2(4,5)1(6)7/h2-9,12-14,22,28-29,34-35H,10-11,15-21H2,1H3,(H,36,39);4*(H,6,7)/t22-,28+,29+;;;;/m0..../s1. The zero-order valence-electron chi connectivity index (χ0n) is 34.6. The van der Waals surface area contributed by atoms with Crippen LogP contribution in [0.3, 0.4) is 0 Å². The van der Waals surface area contributed by atoms with Gasteiger partial charge in [0, 0.05) is 81.6 Å². The molecule has 3 aliphatic heterocycles. The molecule has 0 unspecified atom stereocenters. The number of carboxylic acid groups (broad SMARTS) is 4. The van der Waals surface area contributed by atoms with E-state index in [1.165, 1.54) is 18.1 Å². The summed E-state index contributed by atoms with van der Waals surface area (Å²) in [4.78, 5) is 53.5. The van der Waals surface area contributed by atoms with E-state index in [4.69, 9.17) is 39.6 Å². The lowest BCUT2D eigenvalue weighted by atomic mass is 10.00. The highest BCUT2D eigenvalue weighted by molar-refractivity contribution is 5.94. The van der Waals surface area contributed by atoms with E-state index < -0.39 is 48.6 Å². The van der Waals surface area contributed by atoms with E-state index in [0.717, 1.165) is 62.5 Å². The molecule has 0 spiro atoms. The Hall–Kier alpha value is -6.06. The summed E-state index contributed by atoms with van der Waals surface area (Å²) in [6.45, 7) is 9.42. The lowest BCUT2D eigenvalue weighted by molar-refractivity contribution is -0.193. The lowest BCUT2D eigenvalue weighted by Gasteiger charge is -2.31. The molecule has 3 aliphatic rings. The number of hydrogen-bond acceptors (Lipinski definition) is 9. The van der Waals surface area contributed by atoms with Crippen molar-refractivity contribution in [2.45, 2.75) is 75.8 Å². The number of fused-ring (bicyclic) bond motifs is 2. The number of rotatable bonds is 8. The Morgan fingerprint density at radius 3 is 1.63 bits per heavy atom. The number of amides is 1. The van der Waals surface area contributed by atoms with Crippen molar-refractivity contribution in [3.05, 3.63) is 94.8 Å². The molecule has 3 atom stereocenters. The predicted molar refractivity (Wildman–Crippen MR) is 208 cm³/mol. The first-order valence-electron chi connectivity index (χ1n) is 19.2. The summed E-state index contributed by atoms with van der Waals surface area (Å²) in [7, 11) is 0. The first-order chi connectivity index (χ1) is 30.8. The molecule has 3 saturated heterocycles. The zero-order chi connectivity index (χ0) is 51.1. The number of piperazine rings is 2. The van der Waals surface area contributed by atoms with Crippen LogP contribution in [0.4, 0.5) is 57.1 Å². The van der Waals surface area contributed by atoms with Gasteiger partial charge in [-0.15, -0.1) is 0 Å². The van der Waals surface area contributed by atoms with Gasteiger partial charge in [0.15, 0.2) is 0 Å². The van der Waals surface area contributed by atoms with E-state index in [2.05, 4.69) is 50.9 Å². The Labute approximate surface area is 371 Å². The van der Waals surface area contributed by atoms with Gasteiger partial charge in [0.05, 0.1) is 0 Å². The van der Waals surface area contributed by atoms with E-state index in [1.54, 1.807) is 6.07 Å². The predicted octanol–water partition coefficient (Wildman–Crippen LogP) is 6.30. The number of carbonyl (C=O) groups excluding carboxylic acids is 1. The average molecular weight is 984 g/mol. The molecule has 0 aromatic heterocycles. The molecule has 67 heavy (non-hydrogen) atoms. The van der Waals surface area contributed by atoms with Crippen LogP contribution >= 0.6 is 0 Å². The third-order valence-electron chi connectivity index (χ3n) is 9.30. The van der Waals surface area contributed by atoms with Crippen LogP contribution in [0, 0.1) is 5.82 Å². The van der Waals surface area contributed by atoms with Gasteiger partial charge in [0.1, 0.15) is 5.82 Å². The van der Waals surface area contributed by atoms with Gasteiger partial charge in [-0.1, -0.05) is 36.4 Å². The molecule has 0 aliphatic carbocycles. The largest absolute Gasteiger partial charge is 0.490 e. The first kappa shape index (κ1) is 57.1. The summed E-state index contributed by atoms with van der Waals surface area (Å²) in [6, 6.07) is 22.9. The van der Waals surface area contributed by atoms with Crippen molar-refractivity contribution in [1.82, 2.24) is 25.8 Å². The van der Waals surface area contributed by atoms with E-state index in [1.807, 2.05) is 36.4 Å². The number of nitrogens with zero attached hydrogens (tertiary/aromatic N) is 2. The second-order valence-corrected chi connectivity index (χ2v) is 14.6. The third-order valence-corrected chi connectivity index (χ3v) is 9.30. The Morgan fingerprint density at radius 1 is 0.657 bits per heavy atom. The molecule has 14 nitrogen and oxygen atoms in total. The first-order valence-corrected chi connectivity index (χ1v) is 19.2. The molecule has 6 rings (SSSR count). The second kappa shape index (κ2) is 24.6. The molecule has 0 saturated carbocycles. The van der Waals surface area contributed by atoms with Crippen LogP contribution in [0.25, 0.3) is 11.1 Å². The quantitative estimate of drug-likeness (QED) is 0.124. The number of nitrogens with one attached hydrogen (secondary N) is 3. The minimum Gasteiger partial charge on any atom is -0.475 e. The topological polar surface area (TPSA) is 209 Å². The molecule has 0 radical (unpaired) electrons. The average Bonchev–Trinajstić information content (AvgIpc) is 3.84. The Kier molecular flexibility index (Phi) is 21.0. The number of benzene rings is 3. The van der Waals surface area contributed by atoms with Crippen LogP contribution in [0.2, 0.25) is 0 Å². The number of carboxylic acids is 4. The summed E-state index contributed by atoms with van der Waals surface area (Å²) in [5, 5.41) is 38.5. The Morgan fingerprint density at radius 2 is 1.16 bits per heavy atom. The number of likely N-dealkylation sites (tertiary alicyclic amines) is 1. The minimum atomic E-state index is -5.08. The number of carbonyl (C=O) groups is 5. The van der Waals surface area contributed by atoms with Crippen LogP contribution in [-0.4, -0.2) is 136 Å². The van der Waals surface area contributed by atoms with Crippen LogP contribution in [0.15, 0.2) is 66.7 Å². The van der Waals surface area contributed by atoms with Gasteiger partial charge in [0.2, 0.25) is 0 Å². The van der Waals surface area contributed by atoms with Crippen molar-refractivity contribution in [2.75, 3.05) is 32.7 Å². The van der Waals surface area contributed by atoms with Gasteiger partial charge in [-0.3, -0.25) is 14.6 Å². The molecule has 372 valence electrons. The Balaban J connectivity index is 0.000000447. The zero-order valence-corrected chi connectivity index (χ0v) is 34.6. The molecular weight excluding hydrogens is 941 g/mol. The molecule has 27 heteroatoms. The summed E-state index contributed by atoms with van der Waals surface area (Å²) in [5.74, 6) is -11.4. The van der Waals surface area contributed by atoms with E-state index in [0.29, 0.717) is 35.8 Å². The summed E-state index contributed by atoms with van der Waals surface area (Å²) in [6.07, 6.45) is -19.1. The summed E-state index contributed by atoms with van der Waals surface area (Å²) >= 11 is 0. The fraction of sp³-hybridized carbons (Fsp3) is 0.425. The summed E-state index contributed by atoms with van der Waals surface area (Å²) in [5.41, 5.74) is 5.30. The smallest absolute Gasteiger partial charge is 0.475 e. The number of hydrogen-bond donors (Lipinski definition) is 7. The van der Waals surface area contributed by atoms with E-state index >= 15 is 0 Å². The van der Waals surface area contributed by atoms with Gasteiger partial charge in [0.25, 0.3) is 5.91 Å². The highest BCUT2D eigenvalue weighted by Gasteiger charge is 2.40. The third kappa shape index (κ3) is 20.6. The molecule has 3 aromatic carbocycles. The highest BCUT2D eigenvalue weighted by Crippen LogP contribution is 2.27. The molecule has 3 heterocycles. The van der Waals surface area contributed by atoms with E-state index in [9.17, 15) is 61.9 Å². The fourth-order valence-corrected chi connectivity index (χ4v) is 6.33. The van der Waals surface area contributed by atoms with Crippen molar-refractivity contribution in [1.29, 1.82) is 0 Å². The molecule has 1 amide bonds. The van der Waals surface area contributed by atoms with Crippen molar-refractivity contribution in [3.63, 3.8) is 0 Å². The van der Waals surface area contributed by atoms with Gasteiger partial charge in [-0.05, 0) is 65.9 Å². The Bertz CT molecular complexity index is 2060. The summed E-state index contributed by atoms with van der Waals surface area (Å²) < 4.78 is 142. The van der Waals surface area contributed by atoms with Gasteiger partial charge in [-0.2, -0.15) is 52.7 Å². The second-order valence-electron chi connectivity index (χ2n) is 14.6. The number of aliphatic carboxylic acids is 4. The fourth-order valence-electron chi connectivity index (χ4n) is 6.33. The maximum Gasteiger partial charge on any atom is 0.490 e. The SMILES string of the molecule is C[C@H]1CN(Cc2cccc(-c3cc(CNC(=O)c4cccc(CN5C[C@H]6C[C@@H]5CN6)c4)ccc3F)c2)CCN1.O=C(O)C(F)(F)F.O=C(O)C(F)(F)F.O=C(O)C(F)(F)F.O=C(O)C(F)(F)F. The molecule has 7 N–H and O–H groups in total. The van der Waals surface area contributed by atoms with Crippen molar-refractivity contribution >= 4 is 29.8 Å². The normalized spacial score (nSPS) is 18.3. The molecule has 3 fully saturated rings. The maximum atomic E-state index is 14.9. The van der Waals surface area contributed by atoms with Crippen molar-refractivity contribution < 1.29 is 101 Å². The van der Waals surface area contributed by atoms with Gasteiger partial charge >= 0.3 is 48.6 Å². The van der Waals surface area contributed by atoms with Crippen LogP contribution in [0.1, 0.15) is 40.4 Å². The van der Waals surface area contributed by atoms with Gasteiger partial charge < -0.3 is 36.4 Å². The van der Waals surface area contributed by atoms with Crippen LogP contribution in [0.5, 0.6) is 0 Å². The monoisotopic (exact) mass is 983 g/mol. The highest BCUT2D eigenvalue weighted by atomic mass is 19.4. The van der Waals surface area contributed by atoms with Crippen LogP contribution < -0.4 is 16.0 Å². The van der Waals surface area contributed by atoms with E-state index in [-0.39, 0.29) is 11.7 Å². The number of halogens is 13. The minimum absolute atomic E-state index is 0.111. The van der Waals surface area contributed by atoms with Crippen molar-refractivity contribution in [3.8, 4) is 11.1 Å².